The summed E-state index contributed by atoms with van der Waals surface area (Å²) in [6.07, 6.45) is 4.34. The van der Waals surface area contributed by atoms with E-state index in [0.717, 1.165) is 30.2 Å². The van der Waals surface area contributed by atoms with Crippen LogP contribution in [0.2, 0.25) is 0 Å². The zero-order valence-electron chi connectivity index (χ0n) is 18.1. The van der Waals surface area contributed by atoms with E-state index in [-0.39, 0.29) is 17.2 Å². The van der Waals surface area contributed by atoms with Gasteiger partial charge in [0.05, 0.1) is 37.5 Å². The van der Waals surface area contributed by atoms with E-state index in [1.165, 1.54) is 29.8 Å². The van der Waals surface area contributed by atoms with Gasteiger partial charge in [-0.1, -0.05) is 6.42 Å². The van der Waals surface area contributed by atoms with Crippen LogP contribution in [0.15, 0.2) is 52.0 Å². The molecule has 0 saturated carbocycles. The van der Waals surface area contributed by atoms with Crippen molar-refractivity contribution in [3.8, 4) is 11.5 Å². The quantitative estimate of drug-likeness (QED) is 0.578. The first-order valence-electron chi connectivity index (χ1n) is 10.4. The topological polar surface area (TPSA) is 98.1 Å². The molecule has 1 fully saturated rings. The van der Waals surface area contributed by atoms with Gasteiger partial charge in [0.1, 0.15) is 17.1 Å². The Bertz CT molecular complexity index is 1230. The highest BCUT2D eigenvalue weighted by Gasteiger charge is 2.27. The lowest BCUT2D eigenvalue weighted by atomic mass is 10.1. The Balaban J connectivity index is 1.55. The van der Waals surface area contributed by atoms with E-state index in [0.29, 0.717) is 35.9 Å². The molecule has 170 valence electrons. The molecule has 0 atom stereocenters. The molecule has 9 heteroatoms. The number of ether oxygens (including phenoxy) is 2. The number of piperidine rings is 1. The van der Waals surface area contributed by atoms with Crippen LogP contribution in [0.25, 0.3) is 11.0 Å². The Morgan fingerprint density at radius 3 is 2.56 bits per heavy atom. The second kappa shape index (κ2) is 9.22. The number of nitrogens with zero attached hydrogens (tertiary/aromatic N) is 1. The second-order valence-electron chi connectivity index (χ2n) is 7.67. The maximum atomic E-state index is 13.0. The van der Waals surface area contributed by atoms with Gasteiger partial charge in [0.2, 0.25) is 15.9 Å². The number of carbonyl (C=O) groups excluding carboxylic acids is 1. The summed E-state index contributed by atoms with van der Waals surface area (Å²) < 4.78 is 43.6. The molecule has 1 saturated heterocycles. The number of hydrogen-bond donors (Lipinski definition) is 1. The predicted octanol–water partition coefficient (Wildman–Crippen LogP) is 3.81. The van der Waals surface area contributed by atoms with E-state index in [2.05, 4.69) is 5.32 Å². The summed E-state index contributed by atoms with van der Waals surface area (Å²) in [7, 11) is -0.583. The fraction of sp³-hybridized carbons (Fsp3) is 0.348. The number of anilines is 1. The number of fused-ring (bicyclic) bond motifs is 1. The average molecular weight is 459 g/mol. The standard InChI is InChI=1S/C23H26N2O6S/c1-29-17-6-8-19-16(15-31-22(19)13-17)12-23(26)24-20-14-18(7-9-21(20)30-2)32(27,28)25-10-4-3-5-11-25/h6-9,13-15H,3-5,10-12H2,1-2H3,(H,24,26). The van der Waals surface area contributed by atoms with E-state index in [1.807, 2.05) is 6.07 Å². The number of nitrogens with one attached hydrogen (secondary N) is 1. The number of amides is 1. The van der Waals surface area contributed by atoms with Crippen molar-refractivity contribution >= 4 is 32.6 Å². The third-order valence-corrected chi connectivity index (χ3v) is 7.51. The summed E-state index contributed by atoms with van der Waals surface area (Å²) in [6, 6.07) is 9.93. The minimum absolute atomic E-state index is 0.0611. The molecule has 0 unspecified atom stereocenters. The van der Waals surface area contributed by atoms with Crippen molar-refractivity contribution in [2.24, 2.45) is 0 Å². The molecule has 0 spiro atoms. The first-order chi connectivity index (χ1) is 15.4. The van der Waals surface area contributed by atoms with E-state index in [9.17, 15) is 13.2 Å². The fourth-order valence-corrected chi connectivity index (χ4v) is 5.44. The van der Waals surface area contributed by atoms with Crippen molar-refractivity contribution in [3.63, 3.8) is 0 Å². The van der Waals surface area contributed by atoms with Gasteiger partial charge < -0.3 is 19.2 Å². The molecule has 1 amide bonds. The molecular formula is C23H26N2O6S. The van der Waals surface area contributed by atoms with Crippen LogP contribution in [0.5, 0.6) is 11.5 Å². The lowest BCUT2D eigenvalue weighted by Gasteiger charge is -2.26. The highest BCUT2D eigenvalue weighted by molar-refractivity contribution is 7.89. The number of carbonyl (C=O) groups is 1. The molecule has 8 nitrogen and oxygen atoms in total. The molecule has 1 aromatic heterocycles. The highest BCUT2D eigenvalue weighted by Crippen LogP contribution is 2.31. The van der Waals surface area contributed by atoms with E-state index in [1.54, 1.807) is 25.3 Å². The van der Waals surface area contributed by atoms with E-state index in [4.69, 9.17) is 13.9 Å². The van der Waals surface area contributed by atoms with Gasteiger partial charge in [-0.25, -0.2) is 8.42 Å². The van der Waals surface area contributed by atoms with Crippen LogP contribution in [0.3, 0.4) is 0 Å². The summed E-state index contributed by atoms with van der Waals surface area (Å²) >= 11 is 0. The second-order valence-corrected chi connectivity index (χ2v) is 9.61. The van der Waals surface area contributed by atoms with E-state index < -0.39 is 10.0 Å². The third kappa shape index (κ3) is 4.44. The number of methoxy groups -OCH3 is 2. The number of benzene rings is 2. The van der Waals surface area contributed by atoms with Gasteiger partial charge in [0.25, 0.3) is 0 Å². The zero-order valence-corrected chi connectivity index (χ0v) is 18.9. The summed E-state index contributed by atoms with van der Waals surface area (Å²) in [5.41, 5.74) is 1.65. The highest BCUT2D eigenvalue weighted by atomic mass is 32.2. The Kier molecular flexibility index (Phi) is 6.38. The van der Waals surface area contributed by atoms with Crippen molar-refractivity contribution in [2.75, 3.05) is 32.6 Å². The maximum Gasteiger partial charge on any atom is 0.243 e. The number of hydrogen-bond acceptors (Lipinski definition) is 6. The summed E-state index contributed by atoms with van der Waals surface area (Å²) in [6.45, 7) is 1.02. The van der Waals surface area contributed by atoms with Gasteiger partial charge in [-0.15, -0.1) is 0 Å². The fourth-order valence-electron chi connectivity index (χ4n) is 3.89. The molecule has 1 aliphatic rings. The van der Waals surface area contributed by atoms with Crippen LogP contribution in [0.1, 0.15) is 24.8 Å². The lowest BCUT2D eigenvalue weighted by Crippen LogP contribution is -2.35. The molecule has 3 aromatic rings. The zero-order chi connectivity index (χ0) is 22.7. The van der Waals surface area contributed by atoms with Gasteiger partial charge in [-0.2, -0.15) is 4.31 Å². The smallest absolute Gasteiger partial charge is 0.243 e. The molecular weight excluding hydrogens is 432 g/mol. The number of sulfonamides is 1. The van der Waals surface area contributed by atoms with Crippen LogP contribution < -0.4 is 14.8 Å². The minimum Gasteiger partial charge on any atom is -0.497 e. The average Bonchev–Trinajstić information content (AvgIpc) is 3.21. The molecule has 0 radical (unpaired) electrons. The van der Waals surface area contributed by atoms with Crippen molar-refractivity contribution in [2.45, 2.75) is 30.6 Å². The van der Waals surface area contributed by atoms with Gasteiger partial charge in [0.15, 0.2) is 0 Å². The van der Waals surface area contributed by atoms with Crippen LogP contribution in [0, 0.1) is 0 Å². The molecule has 1 N–H and O–H groups in total. The summed E-state index contributed by atoms with van der Waals surface area (Å²) in [4.78, 5) is 12.9. The third-order valence-electron chi connectivity index (χ3n) is 5.61. The Hall–Kier alpha value is -3.04. The van der Waals surface area contributed by atoms with E-state index >= 15 is 0 Å². The molecule has 0 aliphatic carbocycles. The lowest BCUT2D eigenvalue weighted by molar-refractivity contribution is -0.115. The molecule has 0 bridgehead atoms. The monoisotopic (exact) mass is 458 g/mol. The Morgan fingerprint density at radius 1 is 1.06 bits per heavy atom. The van der Waals surface area contributed by atoms with Crippen LogP contribution in [-0.2, 0) is 21.2 Å². The first-order valence-corrected chi connectivity index (χ1v) is 11.9. The van der Waals surface area contributed by atoms with Crippen LogP contribution in [-0.4, -0.2) is 45.9 Å². The SMILES string of the molecule is COc1ccc2c(CC(=O)Nc3cc(S(=O)(=O)N4CCCCC4)ccc3OC)coc2c1. The van der Waals surface area contributed by atoms with Crippen molar-refractivity contribution in [1.29, 1.82) is 0 Å². The van der Waals surface area contributed by atoms with Crippen LogP contribution >= 0.6 is 0 Å². The number of furan rings is 1. The summed E-state index contributed by atoms with van der Waals surface area (Å²) in [5.74, 6) is 0.742. The molecule has 32 heavy (non-hydrogen) atoms. The van der Waals surface area contributed by atoms with Crippen molar-refractivity contribution in [3.05, 3.63) is 48.2 Å². The van der Waals surface area contributed by atoms with Gasteiger partial charge in [-0.05, 0) is 43.2 Å². The van der Waals surface area contributed by atoms with Gasteiger partial charge in [0, 0.05) is 30.1 Å². The molecule has 4 rings (SSSR count). The van der Waals surface area contributed by atoms with Crippen LogP contribution in [0.4, 0.5) is 5.69 Å². The minimum atomic E-state index is -3.63. The molecule has 1 aliphatic heterocycles. The van der Waals surface area contributed by atoms with Crippen molar-refractivity contribution in [1.82, 2.24) is 4.31 Å². The maximum absolute atomic E-state index is 13.0. The summed E-state index contributed by atoms with van der Waals surface area (Å²) in [5, 5.41) is 3.60. The van der Waals surface area contributed by atoms with Gasteiger partial charge >= 0.3 is 0 Å². The van der Waals surface area contributed by atoms with Crippen molar-refractivity contribution < 1.29 is 27.1 Å². The Labute approximate surface area is 187 Å². The largest absolute Gasteiger partial charge is 0.497 e. The molecule has 2 aromatic carbocycles. The van der Waals surface area contributed by atoms with Gasteiger partial charge in [-0.3, -0.25) is 4.79 Å². The number of rotatable bonds is 7. The predicted molar refractivity (Wildman–Crippen MR) is 121 cm³/mol. The first kappa shape index (κ1) is 22.2. The normalized spacial score (nSPS) is 14.9. The molecule has 2 heterocycles. The Morgan fingerprint density at radius 2 is 1.84 bits per heavy atom.